The predicted molar refractivity (Wildman–Crippen MR) is 234 cm³/mol. The molecule has 0 aromatic rings. The highest BCUT2D eigenvalue weighted by atomic mass is 32.3. The van der Waals surface area contributed by atoms with Gasteiger partial charge in [0.15, 0.2) is 0 Å². The molecule has 0 fully saturated rings. The van der Waals surface area contributed by atoms with Crippen LogP contribution >= 0.6 is 70.6 Å². The molecule has 0 atom stereocenters. The van der Waals surface area contributed by atoms with Crippen LogP contribution in [0.25, 0.3) is 0 Å². The Morgan fingerprint density at radius 1 is 0.440 bits per heavy atom. The molecule has 4 N–H and O–H groups in total. The molecule has 0 unspecified atom stereocenters. The first-order chi connectivity index (χ1) is 24.5. The molecule has 0 aliphatic carbocycles. The zero-order valence-corrected chi connectivity index (χ0v) is 36.5. The molecule has 2 amide bonds. The molecule has 0 aromatic carbocycles. The van der Waals surface area contributed by atoms with Gasteiger partial charge in [0.1, 0.15) is 0 Å². The average Bonchev–Trinajstić information content (AvgIpc) is 3.77. The summed E-state index contributed by atoms with van der Waals surface area (Å²) >= 11 is 9.94. The van der Waals surface area contributed by atoms with Gasteiger partial charge in [0, 0.05) is 26.2 Å². The molecule has 6 nitrogen and oxygen atoms in total. The van der Waals surface area contributed by atoms with Crippen LogP contribution in [-0.4, -0.2) is 63.6 Å². The lowest BCUT2D eigenvalue weighted by Gasteiger charge is -2.09. The number of carbonyl (C=O) groups is 2. The Hall–Kier alpha value is 0.180. The quantitative estimate of drug-likeness (QED) is 0.0494. The molecule has 2 heterocycles. The molecular formula is C38H68N4O2S6. The van der Waals surface area contributed by atoms with E-state index in [1.807, 2.05) is 0 Å². The Morgan fingerprint density at radius 2 is 0.760 bits per heavy atom. The number of hydrogen-bond donors (Lipinski definition) is 4. The highest BCUT2D eigenvalue weighted by Crippen LogP contribution is 2.63. The molecule has 0 aromatic heterocycles. The number of carbonyl (C=O) groups excluding carboxylic acids is 2. The molecule has 0 saturated carbocycles. The van der Waals surface area contributed by atoms with Crippen LogP contribution in [0, 0.1) is 0 Å². The van der Waals surface area contributed by atoms with E-state index in [0.717, 1.165) is 34.7 Å². The molecule has 0 spiro atoms. The fourth-order valence-corrected chi connectivity index (χ4v) is 13.5. The Bertz CT molecular complexity index is 976. The minimum absolute atomic E-state index is 0.154. The molecule has 2 aliphatic rings. The van der Waals surface area contributed by atoms with Crippen LogP contribution in [0.2, 0.25) is 0 Å². The van der Waals surface area contributed by atoms with Crippen molar-refractivity contribution in [3.05, 3.63) is 26.8 Å². The lowest BCUT2D eigenvalue weighted by molar-refractivity contribution is -0.119. The molecule has 2 rings (SSSR count). The predicted octanol–water partition coefficient (Wildman–Crippen LogP) is 11.4. The summed E-state index contributed by atoms with van der Waals surface area (Å²) < 4.78 is 4.77. The number of hydrogen-bond acceptors (Lipinski definition) is 10. The lowest BCUT2D eigenvalue weighted by atomic mass is 10.1. The maximum absolute atomic E-state index is 13.4. The maximum atomic E-state index is 13.4. The lowest BCUT2D eigenvalue weighted by Crippen LogP contribution is -2.35. The van der Waals surface area contributed by atoms with Gasteiger partial charge in [-0.2, -0.15) is 0 Å². The molecular weight excluding hydrogens is 737 g/mol. The fraction of sp³-hybridized carbons (Fsp3) is 0.789. The Morgan fingerprint density at radius 3 is 1.10 bits per heavy atom. The van der Waals surface area contributed by atoms with Crippen molar-refractivity contribution in [3.8, 4) is 0 Å². The maximum Gasteiger partial charge on any atom is 0.259 e. The Labute approximate surface area is 331 Å². The highest BCUT2D eigenvalue weighted by molar-refractivity contribution is 8.42. The molecule has 0 saturated heterocycles. The summed E-state index contributed by atoms with van der Waals surface area (Å²) in [5, 5.41) is 13.1. The van der Waals surface area contributed by atoms with E-state index in [1.165, 1.54) is 160 Å². The first kappa shape index (κ1) is 46.3. The van der Waals surface area contributed by atoms with E-state index in [9.17, 15) is 9.59 Å². The molecule has 12 heteroatoms. The van der Waals surface area contributed by atoms with Crippen LogP contribution in [0.3, 0.4) is 0 Å². The molecule has 0 radical (unpaired) electrons. The van der Waals surface area contributed by atoms with E-state index >= 15 is 0 Å². The van der Waals surface area contributed by atoms with Gasteiger partial charge >= 0.3 is 0 Å². The average molecular weight is 805 g/mol. The minimum Gasteiger partial charge on any atom is -0.350 e. The fourth-order valence-electron chi connectivity index (χ4n) is 5.70. The number of amides is 2. The first-order valence-electron chi connectivity index (χ1n) is 19.6. The van der Waals surface area contributed by atoms with Crippen molar-refractivity contribution in [2.75, 3.05) is 51.8 Å². The van der Waals surface area contributed by atoms with E-state index in [4.69, 9.17) is 0 Å². The monoisotopic (exact) mass is 804 g/mol. The van der Waals surface area contributed by atoms with E-state index in [1.54, 1.807) is 47.0 Å². The normalized spacial score (nSPS) is 14.8. The Kier molecular flexibility index (Phi) is 29.2. The van der Waals surface area contributed by atoms with Gasteiger partial charge in [0.25, 0.3) is 11.8 Å². The second-order valence-corrected chi connectivity index (χ2v) is 19.7. The summed E-state index contributed by atoms with van der Waals surface area (Å²) in [6.07, 6.45) is 30.9. The van der Waals surface area contributed by atoms with Crippen molar-refractivity contribution in [3.63, 3.8) is 0 Å². The van der Waals surface area contributed by atoms with Crippen LogP contribution < -0.4 is 21.3 Å². The second-order valence-electron chi connectivity index (χ2n) is 13.0. The third kappa shape index (κ3) is 20.6. The zero-order chi connectivity index (χ0) is 36.1. The van der Waals surface area contributed by atoms with E-state index < -0.39 is 0 Å². The van der Waals surface area contributed by atoms with Gasteiger partial charge in [-0.1, -0.05) is 176 Å². The number of thioether (sulfide) groups is 6. The molecule has 50 heavy (non-hydrogen) atoms. The van der Waals surface area contributed by atoms with Crippen LogP contribution in [0.4, 0.5) is 0 Å². The smallest absolute Gasteiger partial charge is 0.259 e. The molecule has 0 bridgehead atoms. The Balaban J connectivity index is 1.71. The summed E-state index contributed by atoms with van der Waals surface area (Å²) in [6, 6.07) is 0. The van der Waals surface area contributed by atoms with Crippen molar-refractivity contribution in [2.24, 2.45) is 0 Å². The number of rotatable bonds is 32. The van der Waals surface area contributed by atoms with Gasteiger partial charge in [-0.15, -0.1) is 23.5 Å². The summed E-state index contributed by atoms with van der Waals surface area (Å²) in [6.45, 7) is 9.07. The number of unbranched alkanes of at least 4 members (excludes halogenated alkanes) is 18. The van der Waals surface area contributed by atoms with Crippen molar-refractivity contribution in [1.82, 2.24) is 21.3 Å². The van der Waals surface area contributed by atoms with Crippen molar-refractivity contribution in [2.45, 2.75) is 142 Å². The summed E-state index contributed by atoms with van der Waals surface area (Å²) in [4.78, 5) is 27.8. The molecule has 2 aliphatic heterocycles. The van der Waals surface area contributed by atoms with Crippen molar-refractivity contribution >= 4 is 82.4 Å². The van der Waals surface area contributed by atoms with Crippen LogP contribution in [0.15, 0.2) is 26.8 Å². The highest BCUT2D eigenvalue weighted by Gasteiger charge is 2.35. The van der Waals surface area contributed by atoms with E-state index in [2.05, 4.69) is 47.6 Å². The van der Waals surface area contributed by atoms with Crippen molar-refractivity contribution in [1.29, 1.82) is 0 Å². The summed E-state index contributed by atoms with van der Waals surface area (Å²) in [7, 11) is 0. The number of nitrogens with one attached hydrogen (secondary N) is 4. The minimum atomic E-state index is -0.154. The van der Waals surface area contributed by atoms with Gasteiger partial charge in [0.05, 0.1) is 26.8 Å². The van der Waals surface area contributed by atoms with Crippen LogP contribution in [0.1, 0.15) is 142 Å². The summed E-state index contributed by atoms with van der Waals surface area (Å²) in [5.74, 6) is -0.307. The van der Waals surface area contributed by atoms with Crippen LogP contribution in [0.5, 0.6) is 0 Å². The largest absolute Gasteiger partial charge is 0.350 e. The van der Waals surface area contributed by atoms with Gasteiger partial charge in [-0.3, -0.25) is 9.59 Å². The SMILES string of the molecule is CCCCCCCCCCCCNCCNC(=O)C1=C(C(=O)NCCNCCCCCCCCCCCC)SC(=C2SC(SC)=C(SC)S2)S1. The van der Waals surface area contributed by atoms with Gasteiger partial charge < -0.3 is 21.3 Å². The zero-order valence-electron chi connectivity index (χ0n) is 31.7. The standard InChI is InChI=1S/C38H68N4O2S6/c1-5-7-9-11-13-15-17-19-21-23-25-39-27-29-41-33(43)31-32(48-37(47-31)38-49-35(45-3)36(46-4)50-38)34(44)42-30-28-40-26-24-22-20-18-16-14-12-10-8-6-2/h39-40H,5-30H2,1-4H3,(H,41,43)(H,42,44). The van der Waals surface area contributed by atoms with E-state index in [-0.39, 0.29) is 11.8 Å². The van der Waals surface area contributed by atoms with E-state index in [0.29, 0.717) is 22.9 Å². The van der Waals surface area contributed by atoms with Crippen LogP contribution in [-0.2, 0) is 9.59 Å². The third-order valence-electron chi connectivity index (χ3n) is 8.67. The van der Waals surface area contributed by atoms with Gasteiger partial charge in [-0.25, -0.2) is 0 Å². The summed E-state index contributed by atoms with van der Waals surface area (Å²) in [5.41, 5.74) is 0. The topological polar surface area (TPSA) is 82.3 Å². The first-order valence-corrected chi connectivity index (χ1v) is 25.3. The second kappa shape index (κ2) is 31.5. The molecule has 288 valence electrons. The third-order valence-corrected chi connectivity index (χ3v) is 17.0. The van der Waals surface area contributed by atoms with Gasteiger partial charge in [0.2, 0.25) is 0 Å². The van der Waals surface area contributed by atoms with Gasteiger partial charge in [-0.05, 0) is 38.4 Å². The van der Waals surface area contributed by atoms with Crippen molar-refractivity contribution < 1.29 is 9.59 Å².